The Bertz CT molecular complexity index is 1040. The molecule has 29 heavy (non-hydrogen) atoms. The summed E-state index contributed by atoms with van der Waals surface area (Å²) in [4.78, 5) is 12.7. The molecule has 5 nitrogen and oxygen atoms in total. The van der Waals surface area contributed by atoms with Crippen molar-refractivity contribution in [2.45, 2.75) is 18.0 Å². The van der Waals surface area contributed by atoms with E-state index in [-0.39, 0.29) is 23.9 Å². The Morgan fingerprint density at radius 1 is 0.828 bits per heavy atom. The minimum Gasteiger partial charge on any atom is -0.351 e. The van der Waals surface area contributed by atoms with Crippen molar-refractivity contribution in [1.29, 1.82) is 0 Å². The lowest BCUT2D eigenvalue weighted by Gasteiger charge is -2.22. The van der Waals surface area contributed by atoms with E-state index in [0.29, 0.717) is 6.54 Å². The maximum Gasteiger partial charge on any atom is 0.243 e. The SMILES string of the molecule is O=C(CN(Cc1ccccc1)S(=O)(=O)c1ccc(Br)cc1)NCc1ccccc1. The summed E-state index contributed by atoms with van der Waals surface area (Å²) in [7, 11) is -3.84. The van der Waals surface area contributed by atoms with Gasteiger partial charge in [-0.2, -0.15) is 4.31 Å². The standard InChI is InChI=1S/C22H21BrN2O3S/c23-20-11-13-21(14-12-20)29(27,28)25(16-19-9-5-2-6-10-19)17-22(26)24-15-18-7-3-1-4-8-18/h1-14H,15-17H2,(H,24,26). The molecule has 1 N–H and O–H groups in total. The van der Waals surface area contributed by atoms with Gasteiger partial charge in [-0.3, -0.25) is 4.79 Å². The topological polar surface area (TPSA) is 66.5 Å². The van der Waals surface area contributed by atoms with Gasteiger partial charge in [-0.1, -0.05) is 76.6 Å². The van der Waals surface area contributed by atoms with Crippen LogP contribution in [0.2, 0.25) is 0 Å². The Hall–Kier alpha value is -2.48. The monoisotopic (exact) mass is 472 g/mol. The van der Waals surface area contributed by atoms with Gasteiger partial charge in [0.25, 0.3) is 0 Å². The maximum absolute atomic E-state index is 13.2. The lowest BCUT2D eigenvalue weighted by Crippen LogP contribution is -2.40. The van der Waals surface area contributed by atoms with Gasteiger partial charge in [-0.25, -0.2) is 8.42 Å². The summed E-state index contributed by atoms with van der Waals surface area (Å²) < 4.78 is 28.4. The van der Waals surface area contributed by atoms with E-state index in [1.807, 2.05) is 60.7 Å². The molecular formula is C22H21BrN2O3S. The lowest BCUT2D eigenvalue weighted by molar-refractivity contribution is -0.121. The molecule has 0 aliphatic rings. The van der Waals surface area contributed by atoms with E-state index in [1.165, 1.54) is 16.4 Å². The number of amides is 1. The van der Waals surface area contributed by atoms with E-state index in [4.69, 9.17) is 0 Å². The fraction of sp³-hybridized carbons (Fsp3) is 0.136. The van der Waals surface area contributed by atoms with E-state index in [0.717, 1.165) is 15.6 Å². The highest BCUT2D eigenvalue weighted by molar-refractivity contribution is 9.10. The van der Waals surface area contributed by atoms with Crippen LogP contribution in [0.5, 0.6) is 0 Å². The number of nitrogens with zero attached hydrogens (tertiary/aromatic N) is 1. The molecule has 0 spiro atoms. The molecule has 0 aliphatic carbocycles. The highest BCUT2D eigenvalue weighted by Gasteiger charge is 2.26. The van der Waals surface area contributed by atoms with Gasteiger partial charge in [-0.05, 0) is 35.4 Å². The van der Waals surface area contributed by atoms with Gasteiger partial charge in [0.15, 0.2) is 0 Å². The van der Waals surface area contributed by atoms with Crippen LogP contribution in [-0.2, 0) is 27.9 Å². The molecule has 0 atom stereocenters. The first-order chi connectivity index (χ1) is 13.9. The molecule has 0 heterocycles. The minimum absolute atomic E-state index is 0.109. The highest BCUT2D eigenvalue weighted by Crippen LogP contribution is 2.20. The molecule has 3 rings (SSSR count). The number of hydrogen-bond donors (Lipinski definition) is 1. The van der Waals surface area contributed by atoms with Gasteiger partial charge in [0, 0.05) is 17.6 Å². The fourth-order valence-electron chi connectivity index (χ4n) is 2.78. The Morgan fingerprint density at radius 2 is 1.38 bits per heavy atom. The van der Waals surface area contributed by atoms with Crippen LogP contribution in [0.1, 0.15) is 11.1 Å². The summed E-state index contributed by atoms with van der Waals surface area (Å²) >= 11 is 3.31. The summed E-state index contributed by atoms with van der Waals surface area (Å²) in [6.07, 6.45) is 0. The second-order valence-electron chi connectivity index (χ2n) is 6.47. The molecule has 0 unspecified atom stereocenters. The van der Waals surface area contributed by atoms with Crippen molar-refractivity contribution in [3.05, 3.63) is 101 Å². The normalized spacial score (nSPS) is 11.4. The molecule has 3 aromatic carbocycles. The number of benzene rings is 3. The molecular weight excluding hydrogens is 452 g/mol. The number of hydrogen-bond acceptors (Lipinski definition) is 3. The van der Waals surface area contributed by atoms with Gasteiger partial charge in [0.05, 0.1) is 11.4 Å². The average molecular weight is 473 g/mol. The van der Waals surface area contributed by atoms with Crippen LogP contribution < -0.4 is 5.32 Å². The van der Waals surface area contributed by atoms with Crippen LogP contribution >= 0.6 is 15.9 Å². The number of carbonyl (C=O) groups is 1. The molecule has 3 aromatic rings. The summed E-state index contributed by atoms with van der Waals surface area (Å²) in [5.74, 6) is -0.356. The van der Waals surface area contributed by atoms with Gasteiger partial charge in [0.2, 0.25) is 15.9 Å². The number of carbonyl (C=O) groups excluding carboxylic acids is 1. The third-order valence-corrected chi connectivity index (χ3v) is 6.64. The smallest absolute Gasteiger partial charge is 0.243 e. The number of sulfonamides is 1. The molecule has 0 fully saturated rings. The highest BCUT2D eigenvalue weighted by atomic mass is 79.9. The predicted molar refractivity (Wildman–Crippen MR) is 116 cm³/mol. The summed E-state index contributed by atoms with van der Waals surface area (Å²) in [6, 6.07) is 25.1. The zero-order chi connectivity index (χ0) is 20.7. The van der Waals surface area contributed by atoms with Gasteiger partial charge in [0.1, 0.15) is 0 Å². The van der Waals surface area contributed by atoms with Gasteiger partial charge in [-0.15, -0.1) is 0 Å². The molecule has 0 radical (unpaired) electrons. The minimum atomic E-state index is -3.84. The van der Waals surface area contributed by atoms with Crippen molar-refractivity contribution in [2.24, 2.45) is 0 Å². The van der Waals surface area contributed by atoms with Crippen LogP contribution in [0.25, 0.3) is 0 Å². The second-order valence-corrected chi connectivity index (χ2v) is 9.33. The number of nitrogens with one attached hydrogen (secondary N) is 1. The van der Waals surface area contributed by atoms with Crippen molar-refractivity contribution < 1.29 is 13.2 Å². The van der Waals surface area contributed by atoms with E-state index >= 15 is 0 Å². The third-order valence-electron chi connectivity index (χ3n) is 4.31. The Balaban J connectivity index is 1.78. The Kier molecular flexibility index (Phi) is 7.19. The van der Waals surface area contributed by atoms with Crippen molar-refractivity contribution in [2.75, 3.05) is 6.54 Å². The second kappa shape index (κ2) is 9.82. The largest absolute Gasteiger partial charge is 0.351 e. The van der Waals surface area contributed by atoms with Gasteiger partial charge >= 0.3 is 0 Å². The average Bonchev–Trinajstić information content (AvgIpc) is 2.73. The first-order valence-electron chi connectivity index (χ1n) is 9.05. The van der Waals surface area contributed by atoms with Crippen LogP contribution in [-0.4, -0.2) is 25.2 Å². The van der Waals surface area contributed by atoms with Crippen molar-refractivity contribution in [1.82, 2.24) is 9.62 Å². The first kappa shape index (κ1) is 21.2. The molecule has 0 bridgehead atoms. The van der Waals surface area contributed by atoms with Crippen LogP contribution in [0, 0.1) is 0 Å². The summed E-state index contributed by atoms with van der Waals surface area (Å²) in [5.41, 5.74) is 1.76. The quantitative estimate of drug-likeness (QED) is 0.539. The van der Waals surface area contributed by atoms with E-state index in [9.17, 15) is 13.2 Å². The predicted octanol–water partition coefficient (Wildman–Crippen LogP) is 3.96. The van der Waals surface area contributed by atoms with Gasteiger partial charge < -0.3 is 5.32 Å². The molecule has 0 saturated carbocycles. The molecule has 1 amide bonds. The molecule has 0 saturated heterocycles. The number of halogens is 1. The molecule has 7 heteroatoms. The van der Waals surface area contributed by atoms with Crippen molar-refractivity contribution in [3.8, 4) is 0 Å². The van der Waals surface area contributed by atoms with Crippen LogP contribution in [0.3, 0.4) is 0 Å². The maximum atomic E-state index is 13.2. The Morgan fingerprint density at radius 3 is 1.97 bits per heavy atom. The zero-order valence-corrected chi connectivity index (χ0v) is 18.1. The van der Waals surface area contributed by atoms with Crippen molar-refractivity contribution in [3.63, 3.8) is 0 Å². The van der Waals surface area contributed by atoms with Crippen LogP contribution in [0.4, 0.5) is 0 Å². The van der Waals surface area contributed by atoms with E-state index < -0.39 is 10.0 Å². The summed E-state index contributed by atoms with van der Waals surface area (Å²) in [6.45, 7) is 0.190. The third kappa shape index (κ3) is 6.00. The first-order valence-corrected chi connectivity index (χ1v) is 11.3. The zero-order valence-electron chi connectivity index (χ0n) is 15.7. The lowest BCUT2D eigenvalue weighted by atomic mass is 10.2. The Labute approximate surface area is 179 Å². The number of rotatable bonds is 8. The fourth-order valence-corrected chi connectivity index (χ4v) is 4.43. The molecule has 0 aliphatic heterocycles. The van der Waals surface area contributed by atoms with E-state index in [1.54, 1.807) is 12.1 Å². The molecule has 150 valence electrons. The summed E-state index contributed by atoms with van der Waals surface area (Å²) in [5, 5.41) is 2.80. The molecule has 0 aromatic heterocycles. The van der Waals surface area contributed by atoms with E-state index in [2.05, 4.69) is 21.2 Å². The van der Waals surface area contributed by atoms with Crippen molar-refractivity contribution >= 4 is 31.9 Å². The van der Waals surface area contributed by atoms with Crippen LogP contribution in [0.15, 0.2) is 94.3 Å².